The fourth-order valence-corrected chi connectivity index (χ4v) is 3.64. The average Bonchev–Trinajstić information content (AvgIpc) is 2.89. The number of rotatable bonds is 7. The largest absolute Gasteiger partial charge is 0.462 e. The molecule has 0 aliphatic rings. The lowest BCUT2D eigenvalue weighted by Crippen LogP contribution is -2.27. The van der Waals surface area contributed by atoms with Crippen molar-refractivity contribution in [2.75, 3.05) is 20.2 Å². The number of aryl methyl sites for hydroxylation is 1. The van der Waals surface area contributed by atoms with Crippen LogP contribution in [0.25, 0.3) is 10.2 Å². The third-order valence-electron chi connectivity index (χ3n) is 4.20. The van der Waals surface area contributed by atoms with Crippen LogP contribution in [0, 0.1) is 6.92 Å². The van der Waals surface area contributed by atoms with E-state index >= 15 is 0 Å². The van der Waals surface area contributed by atoms with E-state index in [1.54, 1.807) is 13.8 Å². The van der Waals surface area contributed by atoms with Crippen LogP contribution in [0.5, 0.6) is 0 Å². The van der Waals surface area contributed by atoms with Crippen LogP contribution in [-0.4, -0.2) is 41.0 Å². The van der Waals surface area contributed by atoms with Crippen molar-refractivity contribution < 1.29 is 9.53 Å². The Morgan fingerprint density at radius 3 is 2.75 bits per heavy atom. The summed E-state index contributed by atoms with van der Waals surface area (Å²) in [6.07, 6.45) is 2.21. The van der Waals surface area contributed by atoms with Gasteiger partial charge < -0.3 is 9.72 Å². The Morgan fingerprint density at radius 1 is 1.42 bits per heavy atom. The average molecular weight is 351 g/mol. The number of hydrogen-bond acceptors (Lipinski definition) is 6. The van der Waals surface area contributed by atoms with Crippen molar-refractivity contribution in [2.24, 2.45) is 0 Å². The number of hydrogen-bond donors (Lipinski definition) is 1. The van der Waals surface area contributed by atoms with E-state index in [2.05, 4.69) is 21.8 Å². The predicted molar refractivity (Wildman–Crippen MR) is 96.9 cm³/mol. The molecule has 0 saturated carbocycles. The number of H-pyrrole nitrogens is 1. The van der Waals surface area contributed by atoms with E-state index in [0.29, 0.717) is 33.1 Å². The molecule has 2 heterocycles. The quantitative estimate of drug-likeness (QED) is 0.775. The third-order valence-corrected chi connectivity index (χ3v) is 5.37. The van der Waals surface area contributed by atoms with E-state index in [1.165, 1.54) is 11.3 Å². The lowest BCUT2D eigenvalue weighted by molar-refractivity contribution is 0.0531. The van der Waals surface area contributed by atoms with Gasteiger partial charge in [0.2, 0.25) is 0 Å². The summed E-state index contributed by atoms with van der Waals surface area (Å²) in [7, 11) is 2.02. The zero-order valence-electron chi connectivity index (χ0n) is 14.9. The minimum Gasteiger partial charge on any atom is -0.462 e. The highest BCUT2D eigenvalue weighted by atomic mass is 32.1. The molecule has 0 amide bonds. The lowest BCUT2D eigenvalue weighted by atomic mass is 10.2. The topological polar surface area (TPSA) is 75.3 Å². The molecule has 0 aromatic carbocycles. The first-order chi connectivity index (χ1) is 11.4. The zero-order chi connectivity index (χ0) is 17.9. The van der Waals surface area contributed by atoms with Gasteiger partial charge in [-0.3, -0.25) is 9.69 Å². The van der Waals surface area contributed by atoms with Crippen LogP contribution in [-0.2, 0) is 4.74 Å². The summed E-state index contributed by atoms with van der Waals surface area (Å²) >= 11 is 1.22. The van der Waals surface area contributed by atoms with Crippen molar-refractivity contribution in [1.82, 2.24) is 14.9 Å². The number of unbranched alkanes of at least 4 members (excludes halogenated alkanes) is 1. The molecule has 0 spiro atoms. The van der Waals surface area contributed by atoms with Gasteiger partial charge in [0.25, 0.3) is 5.56 Å². The van der Waals surface area contributed by atoms with Gasteiger partial charge in [0, 0.05) is 0 Å². The molecule has 7 heteroatoms. The predicted octanol–water partition coefficient (Wildman–Crippen LogP) is 3.26. The summed E-state index contributed by atoms with van der Waals surface area (Å²) in [5.41, 5.74) is 0.441. The van der Waals surface area contributed by atoms with Crippen LogP contribution in [0.3, 0.4) is 0 Å². The molecule has 2 aromatic heterocycles. The van der Waals surface area contributed by atoms with Gasteiger partial charge in [0.1, 0.15) is 15.5 Å². The Balaban J connectivity index is 2.42. The molecular weight excluding hydrogens is 326 g/mol. The van der Waals surface area contributed by atoms with Crippen LogP contribution in [0.1, 0.15) is 60.7 Å². The molecular formula is C17H25N3O3S. The monoisotopic (exact) mass is 351 g/mol. The van der Waals surface area contributed by atoms with Crippen LogP contribution < -0.4 is 5.56 Å². The molecule has 0 saturated heterocycles. The maximum absolute atomic E-state index is 12.5. The van der Waals surface area contributed by atoms with Crippen molar-refractivity contribution in [3.63, 3.8) is 0 Å². The highest BCUT2D eigenvalue weighted by Crippen LogP contribution is 2.28. The molecule has 1 N–H and O–H groups in total. The Labute approximate surface area is 145 Å². The second kappa shape index (κ2) is 7.90. The molecule has 6 nitrogen and oxygen atoms in total. The Kier molecular flexibility index (Phi) is 6.12. The summed E-state index contributed by atoms with van der Waals surface area (Å²) in [5, 5.41) is 0.482. The number of esters is 1. The maximum atomic E-state index is 12.5. The fraction of sp³-hybridized carbons (Fsp3) is 0.588. The summed E-state index contributed by atoms with van der Waals surface area (Å²) < 4.78 is 5.06. The summed E-state index contributed by atoms with van der Waals surface area (Å²) in [4.78, 5) is 35.2. The first-order valence-electron chi connectivity index (χ1n) is 8.31. The second-order valence-corrected chi connectivity index (χ2v) is 6.92. The lowest BCUT2D eigenvalue weighted by Gasteiger charge is -2.23. The highest BCUT2D eigenvalue weighted by molar-refractivity contribution is 7.20. The molecule has 0 bridgehead atoms. The number of thiophene rings is 1. The second-order valence-electron chi connectivity index (χ2n) is 5.92. The van der Waals surface area contributed by atoms with E-state index in [1.807, 2.05) is 14.0 Å². The number of aromatic amines is 1. The van der Waals surface area contributed by atoms with Gasteiger partial charge in [-0.1, -0.05) is 13.3 Å². The number of fused-ring (bicyclic) bond motifs is 1. The van der Waals surface area contributed by atoms with Crippen LogP contribution in [0.15, 0.2) is 4.79 Å². The van der Waals surface area contributed by atoms with Gasteiger partial charge in [-0.15, -0.1) is 11.3 Å². The van der Waals surface area contributed by atoms with Crippen molar-refractivity contribution in [3.05, 3.63) is 26.6 Å². The summed E-state index contributed by atoms with van der Waals surface area (Å²) in [5.74, 6) is 0.231. The molecule has 0 fully saturated rings. The van der Waals surface area contributed by atoms with Gasteiger partial charge in [-0.25, -0.2) is 9.78 Å². The van der Waals surface area contributed by atoms with Gasteiger partial charge in [0.15, 0.2) is 0 Å². The molecule has 2 aromatic rings. The molecule has 1 atom stereocenters. The molecule has 0 aliphatic heterocycles. The minimum absolute atomic E-state index is 0.00194. The third kappa shape index (κ3) is 3.67. The van der Waals surface area contributed by atoms with Crippen molar-refractivity contribution in [2.45, 2.75) is 46.6 Å². The van der Waals surface area contributed by atoms with E-state index in [9.17, 15) is 9.59 Å². The van der Waals surface area contributed by atoms with Crippen LogP contribution >= 0.6 is 11.3 Å². The standard InChI is InChI=1S/C17H25N3O3S/c1-6-8-9-20(5)11(4)14-18-15(21)12-10(3)13(17(22)23-7-2)24-16(12)19-14/h11H,6-9H2,1-5H3,(H,18,19,21). The van der Waals surface area contributed by atoms with Gasteiger partial charge >= 0.3 is 5.97 Å². The van der Waals surface area contributed by atoms with Crippen LogP contribution in [0.2, 0.25) is 0 Å². The van der Waals surface area contributed by atoms with Crippen molar-refractivity contribution in [1.29, 1.82) is 0 Å². The minimum atomic E-state index is -0.396. The van der Waals surface area contributed by atoms with Gasteiger partial charge in [-0.2, -0.15) is 0 Å². The SMILES string of the molecule is CCCCN(C)C(C)c1nc2sc(C(=O)OCC)c(C)c2c(=O)[nH]1. The van der Waals surface area contributed by atoms with Crippen molar-refractivity contribution in [3.8, 4) is 0 Å². The maximum Gasteiger partial charge on any atom is 0.348 e. The number of carbonyl (C=O) groups is 1. The number of aromatic nitrogens is 2. The van der Waals surface area contributed by atoms with Crippen LogP contribution in [0.4, 0.5) is 0 Å². The Hall–Kier alpha value is -1.73. The molecule has 24 heavy (non-hydrogen) atoms. The first-order valence-corrected chi connectivity index (χ1v) is 9.12. The molecule has 0 radical (unpaired) electrons. The fourth-order valence-electron chi connectivity index (χ4n) is 2.56. The Bertz CT molecular complexity index is 781. The van der Waals surface area contributed by atoms with E-state index in [-0.39, 0.29) is 11.6 Å². The molecule has 2 rings (SSSR count). The summed E-state index contributed by atoms with van der Waals surface area (Å²) in [6.45, 7) is 8.94. The van der Waals surface area contributed by atoms with E-state index in [0.717, 1.165) is 19.4 Å². The van der Waals surface area contributed by atoms with E-state index in [4.69, 9.17) is 4.74 Å². The van der Waals surface area contributed by atoms with Gasteiger partial charge in [-0.05, 0) is 46.3 Å². The number of ether oxygens (including phenoxy) is 1. The highest BCUT2D eigenvalue weighted by Gasteiger charge is 2.22. The molecule has 1 unspecified atom stereocenters. The smallest absolute Gasteiger partial charge is 0.348 e. The Morgan fingerprint density at radius 2 is 2.12 bits per heavy atom. The van der Waals surface area contributed by atoms with E-state index < -0.39 is 5.97 Å². The number of carbonyl (C=O) groups excluding carboxylic acids is 1. The molecule has 0 aliphatic carbocycles. The number of nitrogens with one attached hydrogen (secondary N) is 1. The van der Waals surface area contributed by atoms with Gasteiger partial charge in [0.05, 0.1) is 18.0 Å². The normalized spacial score (nSPS) is 12.8. The molecule has 132 valence electrons. The van der Waals surface area contributed by atoms with Crippen molar-refractivity contribution >= 4 is 27.5 Å². The zero-order valence-corrected chi connectivity index (χ0v) is 15.7. The number of nitrogens with zero attached hydrogens (tertiary/aromatic N) is 2. The first kappa shape index (κ1) is 18.6. The summed E-state index contributed by atoms with van der Waals surface area (Å²) in [6, 6.07) is 0.00194.